The molecule has 0 amide bonds. The predicted octanol–water partition coefficient (Wildman–Crippen LogP) is 6.78. The first-order chi connectivity index (χ1) is 17.7. The zero-order chi connectivity index (χ0) is 26.2. The Labute approximate surface area is 218 Å². The molecule has 0 aliphatic rings. The minimum Gasteiger partial charge on any atom is -0.496 e. The van der Waals surface area contributed by atoms with Crippen molar-refractivity contribution in [1.82, 2.24) is 9.66 Å². The highest BCUT2D eigenvalue weighted by Gasteiger charge is 2.18. The van der Waals surface area contributed by atoms with Gasteiger partial charge in [-0.3, -0.25) is 4.79 Å². The largest absolute Gasteiger partial charge is 0.496 e. The van der Waals surface area contributed by atoms with Crippen molar-refractivity contribution in [3.63, 3.8) is 0 Å². The number of fused-ring (bicyclic) bond motifs is 2. The van der Waals surface area contributed by atoms with Crippen LogP contribution >= 0.6 is 11.6 Å². The molecule has 0 saturated carbocycles. The quantitative estimate of drug-likeness (QED) is 0.233. The molecule has 0 saturated heterocycles. The van der Waals surface area contributed by atoms with E-state index < -0.39 is 0 Å². The summed E-state index contributed by atoms with van der Waals surface area (Å²) in [5.41, 5.74) is 1.55. The molecular formula is C29H26ClN3O4. The molecule has 5 aromatic rings. The fraction of sp³-hybridized carbons (Fsp3) is 0.207. The van der Waals surface area contributed by atoms with Crippen LogP contribution in [0.3, 0.4) is 0 Å². The Hall–Kier alpha value is -4.10. The Balaban J connectivity index is 1.59. The van der Waals surface area contributed by atoms with Gasteiger partial charge < -0.3 is 13.9 Å². The standard InChI is InChI=1S/C29H26ClN3O4/c1-29(2,3)17-36-25-13-12-18(14-21(25)30)16-31-33-27(32-22-9-6-5-8-19(22)28(33)34)26-15-20-23(35-4)10-7-11-24(20)37-26/h5-16H,17H2,1-4H3. The molecule has 188 valence electrons. The Morgan fingerprint density at radius 1 is 1.03 bits per heavy atom. The minimum absolute atomic E-state index is 0.00474. The number of para-hydroxylation sites is 1. The lowest BCUT2D eigenvalue weighted by molar-refractivity contribution is 0.198. The number of nitrogens with zero attached hydrogens (tertiary/aromatic N) is 3. The molecule has 2 heterocycles. The number of methoxy groups -OCH3 is 1. The lowest BCUT2D eigenvalue weighted by atomic mass is 9.99. The Bertz CT molecular complexity index is 1700. The fourth-order valence-electron chi connectivity index (χ4n) is 3.85. The van der Waals surface area contributed by atoms with Gasteiger partial charge in [-0.1, -0.05) is 50.6 Å². The monoisotopic (exact) mass is 515 g/mol. The highest BCUT2D eigenvalue weighted by Crippen LogP contribution is 2.33. The molecule has 7 nitrogen and oxygen atoms in total. The summed E-state index contributed by atoms with van der Waals surface area (Å²) >= 11 is 6.46. The van der Waals surface area contributed by atoms with E-state index >= 15 is 0 Å². The number of hydrogen-bond donors (Lipinski definition) is 0. The number of benzene rings is 3. The van der Waals surface area contributed by atoms with Crippen molar-refractivity contribution in [2.24, 2.45) is 10.5 Å². The topological polar surface area (TPSA) is 78.9 Å². The SMILES string of the molecule is COc1cccc2oc(-c3nc4ccccc4c(=O)n3N=Cc3ccc(OCC(C)(C)C)c(Cl)c3)cc12. The smallest absolute Gasteiger partial charge is 0.282 e. The van der Waals surface area contributed by atoms with Crippen LogP contribution in [0.5, 0.6) is 11.5 Å². The van der Waals surface area contributed by atoms with Crippen LogP contribution in [-0.4, -0.2) is 29.6 Å². The van der Waals surface area contributed by atoms with Crippen LogP contribution < -0.4 is 15.0 Å². The molecule has 5 rings (SSSR count). The van der Waals surface area contributed by atoms with E-state index in [1.807, 2.05) is 30.3 Å². The van der Waals surface area contributed by atoms with Gasteiger partial charge in [0.1, 0.15) is 17.1 Å². The Morgan fingerprint density at radius 2 is 1.84 bits per heavy atom. The van der Waals surface area contributed by atoms with E-state index in [1.54, 1.807) is 49.7 Å². The molecule has 0 radical (unpaired) electrons. The third-order valence-corrected chi connectivity index (χ3v) is 5.95. The molecular weight excluding hydrogens is 490 g/mol. The van der Waals surface area contributed by atoms with E-state index in [2.05, 4.69) is 25.9 Å². The van der Waals surface area contributed by atoms with Crippen LogP contribution in [0, 0.1) is 5.41 Å². The second kappa shape index (κ2) is 9.75. The van der Waals surface area contributed by atoms with Gasteiger partial charge in [-0.25, -0.2) is 4.98 Å². The average molecular weight is 516 g/mol. The number of hydrogen-bond acceptors (Lipinski definition) is 6. The van der Waals surface area contributed by atoms with Gasteiger partial charge in [-0.05, 0) is 59.5 Å². The minimum atomic E-state index is -0.319. The van der Waals surface area contributed by atoms with Crippen molar-refractivity contribution in [3.05, 3.63) is 87.7 Å². The fourth-order valence-corrected chi connectivity index (χ4v) is 4.09. The van der Waals surface area contributed by atoms with Crippen molar-refractivity contribution in [3.8, 4) is 23.1 Å². The first-order valence-corrected chi connectivity index (χ1v) is 12.2. The zero-order valence-electron chi connectivity index (χ0n) is 21.0. The van der Waals surface area contributed by atoms with Gasteiger partial charge in [0.15, 0.2) is 5.76 Å². The predicted molar refractivity (Wildman–Crippen MR) is 147 cm³/mol. The number of aromatic nitrogens is 2. The summed E-state index contributed by atoms with van der Waals surface area (Å²) in [6, 6.07) is 19.8. The average Bonchev–Trinajstić information content (AvgIpc) is 3.31. The lowest BCUT2D eigenvalue weighted by Crippen LogP contribution is -2.20. The molecule has 0 spiro atoms. The van der Waals surface area contributed by atoms with Crippen molar-refractivity contribution in [2.75, 3.05) is 13.7 Å². The van der Waals surface area contributed by atoms with Gasteiger partial charge in [0.05, 0.1) is 41.2 Å². The molecule has 2 aromatic heterocycles. The normalized spacial score (nSPS) is 12.0. The van der Waals surface area contributed by atoms with E-state index in [-0.39, 0.29) is 16.8 Å². The van der Waals surface area contributed by atoms with Gasteiger partial charge in [-0.2, -0.15) is 9.78 Å². The van der Waals surface area contributed by atoms with E-state index in [0.29, 0.717) is 50.9 Å². The Morgan fingerprint density at radius 3 is 2.59 bits per heavy atom. The molecule has 0 unspecified atom stereocenters. The maximum atomic E-state index is 13.5. The van der Waals surface area contributed by atoms with Crippen LogP contribution in [0.4, 0.5) is 0 Å². The summed E-state index contributed by atoms with van der Waals surface area (Å²) in [7, 11) is 1.60. The third-order valence-electron chi connectivity index (χ3n) is 5.65. The van der Waals surface area contributed by atoms with Gasteiger partial charge >= 0.3 is 0 Å². The summed E-state index contributed by atoms with van der Waals surface area (Å²) in [6.45, 7) is 6.80. The van der Waals surface area contributed by atoms with Gasteiger partial charge in [0.2, 0.25) is 5.82 Å². The molecule has 3 aromatic carbocycles. The Kier molecular flexibility index (Phi) is 6.48. The number of rotatable bonds is 6. The zero-order valence-corrected chi connectivity index (χ0v) is 21.7. The van der Waals surface area contributed by atoms with Crippen LogP contribution in [0.1, 0.15) is 26.3 Å². The van der Waals surface area contributed by atoms with Crippen molar-refractivity contribution in [2.45, 2.75) is 20.8 Å². The lowest BCUT2D eigenvalue weighted by Gasteiger charge is -2.19. The number of furan rings is 1. The van der Waals surface area contributed by atoms with Gasteiger partial charge in [0, 0.05) is 0 Å². The summed E-state index contributed by atoms with van der Waals surface area (Å²) in [6.07, 6.45) is 1.56. The van der Waals surface area contributed by atoms with Crippen LogP contribution in [-0.2, 0) is 0 Å². The van der Waals surface area contributed by atoms with E-state index in [9.17, 15) is 4.79 Å². The molecule has 0 fully saturated rings. The first-order valence-electron chi connectivity index (χ1n) is 11.8. The highest BCUT2D eigenvalue weighted by atomic mass is 35.5. The summed E-state index contributed by atoms with van der Waals surface area (Å²) < 4.78 is 18.6. The molecule has 0 bridgehead atoms. The molecule has 0 aliphatic heterocycles. The molecule has 0 N–H and O–H groups in total. The van der Waals surface area contributed by atoms with Crippen molar-refractivity contribution >= 4 is 39.7 Å². The summed E-state index contributed by atoms with van der Waals surface area (Å²) in [4.78, 5) is 18.2. The van der Waals surface area contributed by atoms with Gasteiger partial charge in [0.25, 0.3) is 5.56 Å². The van der Waals surface area contributed by atoms with E-state index in [4.69, 9.17) is 30.5 Å². The third kappa shape index (κ3) is 5.08. The maximum absolute atomic E-state index is 13.5. The van der Waals surface area contributed by atoms with Crippen LogP contribution in [0.2, 0.25) is 5.02 Å². The molecule has 0 atom stereocenters. The maximum Gasteiger partial charge on any atom is 0.282 e. The second-order valence-electron chi connectivity index (χ2n) is 9.84. The van der Waals surface area contributed by atoms with Crippen LogP contribution in [0.15, 0.2) is 81.0 Å². The van der Waals surface area contributed by atoms with Crippen molar-refractivity contribution in [1.29, 1.82) is 0 Å². The molecule has 8 heteroatoms. The number of ether oxygens (including phenoxy) is 2. The van der Waals surface area contributed by atoms with Crippen LogP contribution in [0.25, 0.3) is 33.5 Å². The number of halogens is 1. The summed E-state index contributed by atoms with van der Waals surface area (Å²) in [5.74, 6) is 1.92. The van der Waals surface area contributed by atoms with Crippen molar-refractivity contribution < 1.29 is 13.9 Å². The summed E-state index contributed by atoms with van der Waals surface area (Å²) in [5, 5.41) is 6.18. The highest BCUT2D eigenvalue weighted by molar-refractivity contribution is 6.32. The van der Waals surface area contributed by atoms with E-state index in [1.165, 1.54) is 4.68 Å². The molecule has 0 aliphatic carbocycles. The van der Waals surface area contributed by atoms with Gasteiger partial charge in [-0.15, -0.1) is 0 Å². The molecule has 37 heavy (non-hydrogen) atoms. The van der Waals surface area contributed by atoms with E-state index in [0.717, 1.165) is 5.39 Å². The second-order valence-corrected chi connectivity index (χ2v) is 10.2. The first kappa shape index (κ1) is 24.6.